The van der Waals surface area contributed by atoms with Crippen LogP contribution in [0, 0.1) is 5.92 Å². The molecule has 0 saturated carbocycles. The van der Waals surface area contributed by atoms with Gasteiger partial charge in [-0.2, -0.15) is 13.2 Å². The lowest BCUT2D eigenvalue weighted by Gasteiger charge is -2.34. The lowest BCUT2D eigenvalue weighted by atomic mass is 9.91. The zero-order valence-electron chi connectivity index (χ0n) is 13.1. The number of hydrogen-bond donors (Lipinski definition) is 0. The Bertz CT molecular complexity index is 717. The van der Waals surface area contributed by atoms with Crippen molar-refractivity contribution in [3.05, 3.63) is 29.4 Å². The smallest absolute Gasteiger partial charge is 0.425 e. The predicted octanol–water partition coefficient (Wildman–Crippen LogP) is 3.93. The quantitative estimate of drug-likeness (QED) is 0.832. The number of fused-ring (bicyclic) bond motifs is 1. The van der Waals surface area contributed by atoms with Crippen molar-refractivity contribution in [2.45, 2.75) is 25.1 Å². The summed E-state index contributed by atoms with van der Waals surface area (Å²) in [7, 11) is 1.89. The van der Waals surface area contributed by atoms with Gasteiger partial charge in [0.25, 0.3) is 5.88 Å². The Hall–Kier alpha value is -1.60. The summed E-state index contributed by atoms with van der Waals surface area (Å²) < 4.78 is 45.8. The SMILES string of the molecule is CN1CCC(C(Oc2nc3ccccc3nc2Cl)C(F)(F)F)CC1. The number of benzene rings is 1. The first kappa shape index (κ1) is 17.2. The highest BCUT2D eigenvalue weighted by atomic mass is 35.5. The molecule has 1 unspecified atom stereocenters. The summed E-state index contributed by atoms with van der Waals surface area (Å²) in [5.74, 6) is -0.887. The monoisotopic (exact) mass is 359 g/mol. The summed E-state index contributed by atoms with van der Waals surface area (Å²) in [6, 6.07) is 6.83. The summed E-state index contributed by atoms with van der Waals surface area (Å²) in [4.78, 5) is 10.2. The number of piperidine rings is 1. The van der Waals surface area contributed by atoms with Gasteiger partial charge in [0.2, 0.25) is 0 Å². The molecule has 1 saturated heterocycles. The maximum atomic E-state index is 13.5. The van der Waals surface area contributed by atoms with Crippen LogP contribution in [0.15, 0.2) is 24.3 Å². The van der Waals surface area contributed by atoms with E-state index in [1.54, 1.807) is 24.3 Å². The van der Waals surface area contributed by atoms with Crippen LogP contribution >= 0.6 is 11.6 Å². The molecule has 8 heteroatoms. The second-order valence-corrected chi connectivity index (χ2v) is 6.39. The molecule has 4 nitrogen and oxygen atoms in total. The van der Waals surface area contributed by atoms with E-state index in [9.17, 15) is 13.2 Å². The van der Waals surface area contributed by atoms with Gasteiger partial charge in [0, 0.05) is 5.92 Å². The van der Waals surface area contributed by atoms with Crippen LogP contribution < -0.4 is 4.74 Å². The predicted molar refractivity (Wildman–Crippen MR) is 85.2 cm³/mol. The van der Waals surface area contributed by atoms with Gasteiger partial charge in [0.15, 0.2) is 11.3 Å². The molecule has 0 bridgehead atoms. The van der Waals surface area contributed by atoms with E-state index in [1.165, 1.54) is 0 Å². The molecular formula is C16H17ClF3N3O. The first-order chi connectivity index (χ1) is 11.3. The van der Waals surface area contributed by atoms with E-state index in [2.05, 4.69) is 9.97 Å². The zero-order valence-corrected chi connectivity index (χ0v) is 13.8. The fraction of sp³-hybridized carbons (Fsp3) is 0.500. The summed E-state index contributed by atoms with van der Waals surface area (Å²) in [5, 5.41) is -0.157. The molecule has 1 atom stereocenters. The highest BCUT2D eigenvalue weighted by Crippen LogP contribution is 2.36. The molecule has 2 heterocycles. The largest absolute Gasteiger partial charge is 0.462 e. The van der Waals surface area contributed by atoms with Crippen molar-refractivity contribution in [1.82, 2.24) is 14.9 Å². The van der Waals surface area contributed by atoms with E-state index in [-0.39, 0.29) is 11.0 Å². The molecule has 0 radical (unpaired) electrons. The van der Waals surface area contributed by atoms with Crippen LogP contribution in [0.2, 0.25) is 5.15 Å². The Kier molecular flexibility index (Phi) is 4.83. The highest BCUT2D eigenvalue weighted by Gasteiger charge is 2.48. The lowest BCUT2D eigenvalue weighted by Crippen LogP contribution is -2.45. The van der Waals surface area contributed by atoms with Crippen LogP contribution in [-0.4, -0.2) is 47.3 Å². The maximum Gasteiger partial charge on any atom is 0.425 e. The average molecular weight is 360 g/mol. The van der Waals surface area contributed by atoms with E-state index in [1.807, 2.05) is 11.9 Å². The number of halogens is 4. The van der Waals surface area contributed by atoms with Crippen LogP contribution in [0.3, 0.4) is 0 Å². The molecule has 0 aliphatic carbocycles. The van der Waals surface area contributed by atoms with Crippen molar-refractivity contribution < 1.29 is 17.9 Å². The fourth-order valence-corrected chi connectivity index (χ4v) is 3.10. The number of hydrogen-bond acceptors (Lipinski definition) is 4. The summed E-state index contributed by atoms with van der Waals surface area (Å²) in [6.07, 6.45) is -5.59. The van der Waals surface area contributed by atoms with E-state index in [4.69, 9.17) is 16.3 Å². The van der Waals surface area contributed by atoms with Crippen molar-refractivity contribution in [3.63, 3.8) is 0 Å². The first-order valence-electron chi connectivity index (χ1n) is 7.69. The minimum Gasteiger partial charge on any atom is -0.462 e. The molecule has 1 aromatic carbocycles. The van der Waals surface area contributed by atoms with Crippen LogP contribution in [0.4, 0.5) is 13.2 Å². The first-order valence-corrected chi connectivity index (χ1v) is 8.06. The Morgan fingerprint density at radius 2 is 1.75 bits per heavy atom. The van der Waals surface area contributed by atoms with Gasteiger partial charge in [0.05, 0.1) is 11.0 Å². The number of para-hydroxylation sites is 2. The highest BCUT2D eigenvalue weighted by molar-refractivity contribution is 6.31. The third-order valence-corrected chi connectivity index (χ3v) is 4.50. The topological polar surface area (TPSA) is 38.2 Å². The molecule has 3 rings (SSSR count). The van der Waals surface area contributed by atoms with Gasteiger partial charge in [0.1, 0.15) is 0 Å². The van der Waals surface area contributed by atoms with Crippen LogP contribution in [0.1, 0.15) is 12.8 Å². The second kappa shape index (κ2) is 6.72. The molecule has 0 spiro atoms. The Labute approximate surface area is 142 Å². The van der Waals surface area contributed by atoms with Gasteiger partial charge in [-0.05, 0) is 45.1 Å². The number of alkyl halides is 3. The molecule has 1 fully saturated rings. The van der Waals surface area contributed by atoms with Crippen molar-refractivity contribution in [2.24, 2.45) is 5.92 Å². The van der Waals surface area contributed by atoms with Crippen molar-refractivity contribution in [1.29, 1.82) is 0 Å². The van der Waals surface area contributed by atoms with E-state index < -0.39 is 18.2 Å². The third-order valence-electron chi connectivity index (χ3n) is 4.25. The van der Waals surface area contributed by atoms with Crippen molar-refractivity contribution >= 4 is 22.6 Å². The number of nitrogens with zero attached hydrogens (tertiary/aromatic N) is 3. The molecule has 24 heavy (non-hydrogen) atoms. The fourth-order valence-electron chi connectivity index (χ4n) is 2.92. The number of rotatable bonds is 3. The second-order valence-electron chi connectivity index (χ2n) is 6.03. The van der Waals surface area contributed by atoms with Crippen LogP contribution in [-0.2, 0) is 0 Å². The molecule has 2 aromatic rings. The standard InChI is InChI=1S/C16H17ClF3N3O/c1-23-8-6-10(7-9-23)13(16(18,19)20)24-15-14(17)21-11-4-2-3-5-12(11)22-15/h2-5,10,13H,6-9H2,1H3. The molecule has 130 valence electrons. The van der Waals surface area contributed by atoms with Crippen molar-refractivity contribution in [3.8, 4) is 5.88 Å². The van der Waals surface area contributed by atoms with Gasteiger partial charge in [-0.15, -0.1) is 0 Å². The lowest BCUT2D eigenvalue weighted by molar-refractivity contribution is -0.214. The maximum absolute atomic E-state index is 13.5. The van der Waals surface area contributed by atoms with E-state index >= 15 is 0 Å². The van der Waals surface area contributed by atoms with Crippen LogP contribution in [0.5, 0.6) is 5.88 Å². The molecule has 0 N–H and O–H groups in total. The van der Waals surface area contributed by atoms with Crippen LogP contribution in [0.25, 0.3) is 11.0 Å². The number of ether oxygens (including phenoxy) is 1. The van der Waals surface area contributed by atoms with Gasteiger partial charge >= 0.3 is 6.18 Å². The van der Waals surface area contributed by atoms with E-state index in [0.29, 0.717) is 37.0 Å². The Balaban J connectivity index is 1.88. The zero-order chi connectivity index (χ0) is 17.3. The summed E-state index contributed by atoms with van der Waals surface area (Å²) in [5.41, 5.74) is 0.957. The minimum atomic E-state index is -4.49. The minimum absolute atomic E-state index is 0.157. The van der Waals surface area contributed by atoms with Crippen molar-refractivity contribution in [2.75, 3.05) is 20.1 Å². The van der Waals surface area contributed by atoms with E-state index in [0.717, 1.165) is 0 Å². The molecule has 0 amide bonds. The van der Waals surface area contributed by atoms with Gasteiger partial charge in [-0.1, -0.05) is 23.7 Å². The summed E-state index contributed by atoms with van der Waals surface area (Å²) in [6.45, 7) is 1.22. The molecule has 1 aliphatic heterocycles. The normalized spacial score (nSPS) is 18.7. The number of likely N-dealkylation sites (tertiary alicyclic amines) is 1. The third kappa shape index (κ3) is 3.72. The molecule has 1 aliphatic rings. The number of aromatic nitrogens is 2. The van der Waals surface area contributed by atoms with Gasteiger partial charge < -0.3 is 9.64 Å². The van der Waals surface area contributed by atoms with Gasteiger partial charge in [-0.25, -0.2) is 9.97 Å². The average Bonchev–Trinajstić information content (AvgIpc) is 2.53. The van der Waals surface area contributed by atoms with Gasteiger partial charge in [-0.3, -0.25) is 0 Å². The molecule has 1 aromatic heterocycles. The molecular weight excluding hydrogens is 343 g/mol. The Morgan fingerprint density at radius 1 is 1.17 bits per heavy atom. The summed E-state index contributed by atoms with van der Waals surface area (Å²) >= 11 is 5.99. The Morgan fingerprint density at radius 3 is 2.33 bits per heavy atom.